The van der Waals surface area contributed by atoms with Crippen molar-refractivity contribution in [3.8, 4) is 23.0 Å². The smallest absolute Gasteiger partial charge is 0.311 e. The molecule has 0 saturated carbocycles. The zero-order valence-electron chi connectivity index (χ0n) is 16.6. The minimum atomic E-state index is -0.540. The van der Waals surface area contributed by atoms with Gasteiger partial charge in [-0.15, -0.1) is 0 Å². The summed E-state index contributed by atoms with van der Waals surface area (Å²) in [6.45, 7) is 0. The molecular weight excluding hydrogens is 575 g/mol. The molecule has 0 N–H and O–H groups in total. The molecule has 32 heavy (non-hydrogen) atoms. The Morgan fingerprint density at radius 1 is 0.781 bits per heavy atom. The number of halogens is 3. The van der Waals surface area contributed by atoms with Crippen molar-refractivity contribution in [1.29, 1.82) is 0 Å². The Labute approximate surface area is 204 Å². The monoisotopic (exact) mass is 588 g/mol. The number of hydrogen-bond donors (Lipinski definition) is 0. The highest BCUT2D eigenvalue weighted by Crippen LogP contribution is 2.38. The zero-order valence-corrected chi connectivity index (χ0v) is 20.5. The molecular formula is C20H15Br2ClN2O7. The molecule has 3 aromatic carbocycles. The predicted molar refractivity (Wildman–Crippen MR) is 126 cm³/mol. The van der Waals surface area contributed by atoms with Gasteiger partial charge in [0.1, 0.15) is 22.3 Å². The van der Waals surface area contributed by atoms with Crippen molar-refractivity contribution >= 4 is 54.8 Å². The molecule has 0 atom stereocenters. The van der Waals surface area contributed by atoms with E-state index in [2.05, 4.69) is 31.9 Å². The van der Waals surface area contributed by atoms with Crippen LogP contribution in [0.5, 0.6) is 23.0 Å². The molecule has 0 aliphatic carbocycles. The fourth-order valence-electron chi connectivity index (χ4n) is 2.29. The van der Waals surface area contributed by atoms with Gasteiger partial charge in [-0.05, 0) is 46.3 Å². The Balaban J connectivity index is 0.000000258. The van der Waals surface area contributed by atoms with Gasteiger partial charge >= 0.3 is 5.69 Å². The van der Waals surface area contributed by atoms with E-state index in [0.29, 0.717) is 21.7 Å². The van der Waals surface area contributed by atoms with Crippen LogP contribution in [-0.2, 0) is 0 Å². The third-order valence-electron chi connectivity index (χ3n) is 3.83. The number of nitrogens with zero attached hydrogens (tertiary/aromatic N) is 2. The van der Waals surface area contributed by atoms with Crippen LogP contribution in [0, 0.1) is 20.2 Å². The Morgan fingerprint density at radius 3 is 1.84 bits per heavy atom. The maximum absolute atomic E-state index is 11.0. The summed E-state index contributed by atoms with van der Waals surface area (Å²) in [4.78, 5) is 20.3. The van der Waals surface area contributed by atoms with E-state index in [0.717, 1.165) is 4.47 Å². The number of nitro groups is 2. The van der Waals surface area contributed by atoms with Gasteiger partial charge in [0.2, 0.25) is 5.75 Å². The van der Waals surface area contributed by atoms with Gasteiger partial charge in [-0.3, -0.25) is 20.2 Å². The molecule has 0 aliphatic heterocycles. The number of ether oxygens (including phenoxy) is 3. The molecule has 0 saturated heterocycles. The van der Waals surface area contributed by atoms with Gasteiger partial charge in [0.15, 0.2) is 0 Å². The van der Waals surface area contributed by atoms with Crippen LogP contribution in [0.2, 0.25) is 5.02 Å². The molecule has 0 radical (unpaired) electrons. The number of nitro benzene ring substituents is 2. The number of rotatable bonds is 6. The summed E-state index contributed by atoms with van der Waals surface area (Å²) >= 11 is 12.3. The zero-order chi connectivity index (χ0) is 23.8. The molecule has 0 bridgehead atoms. The van der Waals surface area contributed by atoms with Gasteiger partial charge < -0.3 is 14.2 Å². The summed E-state index contributed by atoms with van der Waals surface area (Å²) in [6, 6.07) is 13.8. The first-order chi connectivity index (χ1) is 15.2. The van der Waals surface area contributed by atoms with Crippen LogP contribution in [0.4, 0.5) is 11.4 Å². The van der Waals surface area contributed by atoms with Gasteiger partial charge in [-0.25, -0.2) is 0 Å². The van der Waals surface area contributed by atoms with E-state index >= 15 is 0 Å². The highest BCUT2D eigenvalue weighted by molar-refractivity contribution is 9.11. The third kappa shape index (κ3) is 6.81. The molecule has 0 heterocycles. The predicted octanol–water partition coefficient (Wildman–Crippen LogP) is 7.18. The lowest BCUT2D eigenvalue weighted by molar-refractivity contribution is -0.385. The largest absolute Gasteiger partial charge is 0.497 e. The van der Waals surface area contributed by atoms with Gasteiger partial charge in [0, 0.05) is 28.7 Å². The average molecular weight is 591 g/mol. The first-order valence-corrected chi connectivity index (χ1v) is 10.6. The normalized spacial score (nSPS) is 9.91. The van der Waals surface area contributed by atoms with Gasteiger partial charge in [0.05, 0.1) is 28.5 Å². The Hall–Kier alpha value is -2.89. The molecule has 0 aliphatic rings. The summed E-state index contributed by atoms with van der Waals surface area (Å²) < 4.78 is 17.0. The van der Waals surface area contributed by atoms with Crippen molar-refractivity contribution in [2.24, 2.45) is 0 Å². The minimum absolute atomic E-state index is 0.0827. The van der Waals surface area contributed by atoms with Crippen LogP contribution in [0.3, 0.4) is 0 Å². The lowest BCUT2D eigenvalue weighted by atomic mass is 10.2. The standard InChI is InChI=1S/C13H9Br2NO4.C7H6ClNO3/c1-19-9-3-4-11(16(17)18)13(7-9)20-12-5-2-8(14)6-10(12)15;1-12-5-2-3-7(9(10)11)6(8)4-5/h2-7H,1H3;2-4H,1H3. The second kappa shape index (κ2) is 11.7. The number of methoxy groups -OCH3 is 2. The van der Waals surface area contributed by atoms with E-state index in [-0.39, 0.29) is 22.1 Å². The van der Waals surface area contributed by atoms with E-state index < -0.39 is 9.85 Å². The lowest BCUT2D eigenvalue weighted by Crippen LogP contribution is -1.95. The Kier molecular flexibility index (Phi) is 9.24. The van der Waals surface area contributed by atoms with Crippen LogP contribution in [0.1, 0.15) is 0 Å². The molecule has 12 heteroatoms. The highest BCUT2D eigenvalue weighted by Gasteiger charge is 2.18. The van der Waals surface area contributed by atoms with E-state index in [1.807, 2.05) is 0 Å². The van der Waals surface area contributed by atoms with Crippen LogP contribution in [0.15, 0.2) is 63.5 Å². The maximum Gasteiger partial charge on any atom is 0.311 e. The van der Waals surface area contributed by atoms with Gasteiger partial charge in [0.25, 0.3) is 5.69 Å². The Morgan fingerprint density at radius 2 is 1.34 bits per heavy atom. The molecule has 0 unspecified atom stereocenters. The fourth-order valence-corrected chi connectivity index (χ4v) is 3.66. The summed E-state index contributed by atoms with van der Waals surface area (Å²) in [5.74, 6) is 1.59. The van der Waals surface area contributed by atoms with Crippen molar-refractivity contribution in [3.05, 3.63) is 88.8 Å². The second-order valence-corrected chi connectivity index (χ2v) is 8.02. The Bertz CT molecular complexity index is 1140. The van der Waals surface area contributed by atoms with E-state index in [1.165, 1.54) is 50.6 Å². The van der Waals surface area contributed by atoms with E-state index in [4.69, 9.17) is 25.8 Å². The topological polar surface area (TPSA) is 114 Å². The minimum Gasteiger partial charge on any atom is -0.497 e. The number of hydrogen-bond acceptors (Lipinski definition) is 7. The van der Waals surface area contributed by atoms with E-state index in [9.17, 15) is 20.2 Å². The van der Waals surface area contributed by atoms with Crippen LogP contribution >= 0.6 is 43.5 Å². The van der Waals surface area contributed by atoms with Crippen molar-refractivity contribution in [2.75, 3.05) is 14.2 Å². The SMILES string of the molecule is COc1ccc([N+](=O)[O-])c(Cl)c1.COc1ccc([N+](=O)[O-])c(Oc2ccc(Br)cc2Br)c1. The van der Waals surface area contributed by atoms with Crippen LogP contribution in [-0.4, -0.2) is 24.1 Å². The highest BCUT2D eigenvalue weighted by atomic mass is 79.9. The molecule has 168 valence electrons. The summed E-state index contributed by atoms with van der Waals surface area (Å²) in [5, 5.41) is 21.4. The van der Waals surface area contributed by atoms with Crippen molar-refractivity contribution in [2.45, 2.75) is 0 Å². The average Bonchev–Trinajstić information content (AvgIpc) is 2.75. The van der Waals surface area contributed by atoms with Gasteiger partial charge in [-0.2, -0.15) is 0 Å². The van der Waals surface area contributed by atoms with Crippen molar-refractivity contribution < 1.29 is 24.1 Å². The van der Waals surface area contributed by atoms with Gasteiger partial charge in [-0.1, -0.05) is 27.5 Å². The molecule has 0 fully saturated rings. The molecule has 3 aromatic rings. The molecule has 0 spiro atoms. The van der Waals surface area contributed by atoms with Crippen molar-refractivity contribution in [1.82, 2.24) is 0 Å². The second-order valence-electron chi connectivity index (χ2n) is 5.84. The molecule has 0 aromatic heterocycles. The van der Waals surface area contributed by atoms with Crippen molar-refractivity contribution in [3.63, 3.8) is 0 Å². The van der Waals surface area contributed by atoms with Crippen LogP contribution < -0.4 is 14.2 Å². The van der Waals surface area contributed by atoms with Crippen LogP contribution in [0.25, 0.3) is 0 Å². The number of benzene rings is 3. The summed E-state index contributed by atoms with van der Waals surface area (Å²) in [5.41, 5.74) is -0.238. The molecule has 9 nitrogen and oxygen atoms in total. The lowest BCUT2D eigenvalue weighted by Gasteiger charge is -2.09. The van der Waals surface area contributed by atoms with E-state index in [1.54, 1.807) is 18.2 Å². The fraction of sp³-hybridized carbons (Fsp3) is 0.100. The first kappa shape index (κ1) is 25.4. The first-order valence-electron chi connectivity index (χ1n) is 8.59. The summed E-state index contributed by atoms with van der Waals surface area (Å²) in [7, 11) is 2.96. The quantitative estimate of drug-likeness (QED) is 0.221. The molecule has 3 rings (SSSR count). The molecule has 0 amide bonds. The summed E-state index contributed by atoms with van der Waals surface area (Å²) in [6.07, 6.45) is 0. The third-order valence-corrected chi connectivity index (χ3v) is 5.24. The maximum atomic E-state index is 11.0.